The van der Waals surface area contributed by atoms with Gasteiger partial charge in [0.15, 0.2) is 5.78 Å². The third kappa shape index (κ3) is 4.45. The molecule has 1 amide bonds. The van der Waals surface area contributed by atoms with Crippen LogP contribution < -0.4 is 4.74 Å². The van der Waals surface area contributed by atoms with Crippen molar-refractivity contribution in [3.05, 3.63) is 81.0 Å². The van der Waals surface area contributed by atoms with Gasteiger partial charge < -0.3 is 9.47 Å². The van der Waals surface area contributed by atoms with E-state index in [1.165, 1.54) is 38.3 Å². The van der Waals surface area contributed by atoms with E-state index in [0.29, 0.717) is 16.8 Å². The highest BCUT2D eigenvalue weighted by molar-refractivity contribution is 6.01. The summed E-state index contributed by atoms with van der Waals surface area (Å²) in [7, 11) is 1.36. The van der Waals surface area contributed by atoms with E-state index < -0.39 is 17.1 Å². The first-order valence-corrected chi connectivity index (χ1v) is 9.39. The van der Waals surface area contributed by atoms with Crippen LogP contribution >= 0.6 is 0 Å². The SMILES string of the molecule is COC1=NC(C)=C(C(C)=O)C(c2ccc(C)cc2)N1C(=O)Oc1ccc([N+](=O)[O-])cc1. The maximum atomic E-state index is 13.2. The Labute approximate surface area is 178 Å². The molecule has 1 atom stereocenters. The zero-order chi connectivity index (χ0) is 22.7. The number of carbonyl (C=O) groups is 2. The number of nitro benzene ring substituents is 1. The van der Waals surface area contributed by atoms with E-state index in [4.69, 9.17) is 9.47 Å². The Morgan fingerprint density at radius 3 is 2.19 bits per heavy atom. The van der Waals surface area contributed by atoms with Crippen molar-refractivity contribution < 1.29 is 24.0 Å². The first kappa shape index (κ1) is 21.7. The van der Waals surface area contributed by atoms with Crippen molar-refractivity contribution in [2.75, 3.05) is 7.11 Å². The fourth-order valence-electron chi connectivity index (χ4n) is 3.32. The predicted molar refractivity (Wildman–Crippen MR) is 113 cm³/mol. The molecule has 0 saturated carbocycles. The van der Waals surface area contributed by atoms with Crippen LogP contribution in [0, 0.1) is 17.0 Å². The molecule has 0 N–H and O–H groups in total. The number of aryl methyl sites for hydroxylation is 1. The second kappa shape index (κ2) is 8.78. The molecule has 0 spiro atoms. The number of amides is 1. The van der Waals surface area contributed by atoms with Crippen molar-refractivity contribution in [3.63, 3.8) is 0 Å². The third-order valence-electron chi connectivity index (χ3n) is 4.80. The number of allylic oxidation sites excluding steroid dienone is 1. The average molecular weight is 423 g/mol. The van der Waals surface area contributed by atoms with Crippen LogP contribution in [0.5, 0.6) is 5.75 Å². The summed E-state index contributed by atoms with van der Waals surface area (Å²) in [5.41, 5.74) is 2.34. The van der Waals surface area contributed by atoms with E-state index in [0.717, 1.165) is 10.5 Å². The lowest BCUT2D eigenvalue weighted by Gasteiger charge is -2.35. The van der Waals surface area contributed by atoms with E-state index in [1.54, 1.807) is 6.92 Å². The topological polar surface area (TPSA) is 111 Å². The highest BCUT2D eigenvalue weighted by atomic mass is 16.6. The summed E-state index contributed by atoms with van der Waals surface area (Å²) in [4.78, 5) is 41.3. The molecule has 1 aliphatic heterocycles. The Morgan fingerprint density at radius 2 is 1.68 bits per heavy atom. The number of nitro groups is 1. The summed E-state index contributed by atoms with van der Waals surface area (Å²) >= 11 is 0. The number of Topliss-reactive ketones (excluding diaryl/α,β-unsaturated/α-hetero) is 1. The van der Waals surface area contributed by atoms with Gasteiger partial charge in [-0.15, -0.1) is 0 Å². The van der Waals surface area contributed by atoms with Crippen molar-refractivity contribution >= 4 is 23.6 Å². The molecular formula is C22H21N3O6. The molecule has 1 aliphatic rings. The smallest absolute Gasteiger partial charge is 0.424 e. The van der Waals surface area contributed by atoms with Crippen LogP contribution in [0.4, 0.5) is 10.5 Å². The Morgan fingerprint density at radius 1 is 1.06 bits per heavy atom. The van der Waals surface area contributed by atoms with Gasteiger partial charge >= 0.3 is 12.1 Å². The Hall–Kier alpha value is -4.01. The van der Waals surface area contributed by atoms with Gasteiger partial charge in [0.2, 0.25) is 0 Å². The zero-order valence-electron chi connectivity index (χ0n) is 17.5. The summed E-state index contributed by atoms with van der Waals surface area (Å²) in [6, 6.07) is 11.6. The highest BCUT2D eigenvalue weighted by Gasteiger charge is 2.40. The molecule has 0 aliphatic carbocycles. The van der Waals surface area contributed by atoms with Crippen molar-refractivity contribution in [2.45, 2.75) is 26.8 Å². The van der Waals surface area contributed by atoms with Gasteiger partial charge in [-0.25, -0.2) is 14.7 Å². The number of aliphatic imine (C=N–C) groups is 1. The molecule has 0 fully saturated rings. The molecular weight excluding hydrogens is 402 g/mol. The van der Waals surface area contributed by atoms with Crippen LogP contribution in [-0.4, -0.2) is 34.8 Å². The quantitative estimate of drug-likeness (QED) is 0.535. The van der Waals surface area contributed by atoms with Gasteiger partial charge in [-0.2, -0.15) is 0 Å². The number of hydrogen-bond donors (Lipinski definition) is 0. The lowest BCUT2D eigenvalue weighted by atomic mass is 9.92. The predicted octanol–water partition coefficient (Wildman–Crippen LogP) is 4.32. The van der Waals surface area contributed by atoms with Crippen molar-refractivity contribution in [1.29, 1.82) is 0 Å². The molecule has 1 heterocycles. The fourth-order valence-corrected chi connectivity index (χ4v) is 3.32. The minimum atomic E-state index is -0.841. The van der Waals surface area contributed by atoms with E-state index in [-0.39, 0.29) is 23.2 Å². The molecule has 160 valence electrons. The van der Waals surface area contributed by atoms with Gasteiger partial charge in [0.25, 0.3) is 5.69 Å². The second-order valence-corrected chi connectivity index (χ2v) is 6.96. The summed E-state index contributed by atoms with van der Waals surface area (Å²) in [6.07, 6.45) is -0.841. The van der Waals surface area contributed by atoms with Crippen LogP contribution in [0.15, 0.2) is 64.8 Å². The van der Waals surface area contributed by atoms with Gasteiger partial charge in [-0.05, 0) is 38.5 Å². The number of nitrogens with zero attached hydrogens (tertiary/aromatic N) is 3. The lowest BCUT2D eigenvalue weighted by molar-refractivity contribution is -0.384. The van der Waals surface area contributed by atoms with Crippen molar-refractivity contribution in [2.24, 2.45) is 4.99 Å². The zero-order valence-corrected chi connectivity index (χ0v) is 17.5. The minimum Gasteiger partial charge on any atom is -0.468 e. The van der Waals surface area contributed by atoms with Gasteiger partial charge in [-0.3, -0.25) is 14.9 Å². The first-order chi connectivity index (χ1) is 14.7. The van der Waals surface area contributed by atoms with Crippen LogP contribution in [-0.2, 0) is 9.53 Å². The summed E-state index contributed by atoms with van der Waals surface area (Å²) < 4.78 is 10.8. The molecule has 1 unspecified atom stereocenters. The molecule has 0 bridgehead atoms. The van der Waals surface area contributed by atoms with E-state index in [9.17, 15) is 19.7 Å². The first-order valence-electron chi connectivity index (χ1n) is 9.39. The van der Waals surface area contributed by atoms with Crippen LogP contribution in [0.25, 0.3) is 0 Å². The minimum absolute atomic E-state index is 0.0278. The molecule has 2 aromatic rings. The molecule has 0 saturated heterocycles. The third-order valence-corrected chi connectivity index (χ3v) is 4.80. The molecule has 9 heteroatoms. The standard InChI is InChI=1S/C22H21N3O6/c1-13-5-7-16(8-6-13)20-19(15(3)26)14(2)23-21(30-4)24(20)22(27)31-18-11-9-17(10-12-18)25(28)29/h5-12,20H,1-4H3. The number of methoxy groups -OCH3 is 1. The Balaban J connectivity index is 2.04. The molecule has 3 rings (SSSR count). The number of rotatable bonds is 4. The van der Waals surface area contributed by atoms with Crippen molar-refractivity contribution in [3.8, 4) is 5.75 Å². The fraction of sp³-hybridized carbons (Fsp3) is 0.227. The highest BCUT2D eigenvalue weighted by Crippen LogP contribution is 2.36. The molecule has 31 heavy (non-hydrogen) atoms. The maximum Gasteiger partial charge on any atom is 0.424 e. The summed E-state index contributed by atoms with van der Waals surface area (Å²) in [6.45, 7) is 5.02. The van der Waals surface area contributed by atoms with Crippen LogP contribution in [0.2, 0.25) is 0 Å². The summed E-state index contributed by atoms with van der Waals surface area (Å²) in [5, 5.41) is 10.8. The van der Waals surface area contributed by atoms with E-state index in [2.05, 4.69) is 4.99 Å². The van der Waals surface area contributed by atoms with Gasteiger partial charge in [0.1, 0.15) is 11.8 Å². The van der Waals surface area contributed by atoms with Gasteiger partial charge in [0.05, 0.1) is 17.7 Å². The monoisotopic (exact) mass is 423 g/mol. The second-order valence-electron chi connectivity index (χ2n) is 6.96. The van der Waals surface area contributed by atoms with E-state index in [1.807, 2.05) is 31.2 Å². The summed E-state index contributed by atoms with van der Waals surface area (Å²) in [5.74, 6) is -0.139. The largest absolute Gasteiger partial charge is 0.468 e. The Kier molecular flexibility index (Phi) is 6.15. The Bertz CT molecular complexity index is 1090. The average Bonchev–Trinajstić information content (AvgIpc) is 2.73. The number of non-ortho nitro benzene ring substituents is 1. The maximum absolute atomic E-state index is 13.2. The number of ether oxygens (including phenoxy) is 2. The van der Waals surface area contributed by atoms with Gasteiger partial charge in [-0.1, -0.05) is 29.8 Å². The number of benzene rings is 2. The normalized spacial score (nSPS) is 15.9. The number of hydrogen-bond acceptors (Lipinski definition) is 7. The molecule has 2 aromatic carbocycles. The molecule has 0 aromatic heterocycles. The number of ketones is 1. The van der Waals surface area contributed by atoms with Crippen molar-refractivity contribution in [1.82, 2.24) is 4.90 Å². The van der Waals surface area contributed by atoms with Crippen LogP contribution in [0.1, 0.15) is 31.0 Å². The van der Waals surface area contributed by atoms with Crippen LogP contribution in [0.3, 0.4) is 0 Å². The van der Waals surface area contributed by atoms with E-state index >= 15 is 0 Å². The molecule has 9 nitrogen and oxygen atoms in total. The number of carbonyl (C=O) groups excluding carboxylic acids is 2. The number of amidine groups is 1. The lowest BCUT2D eigenvalue weighted by Crippen LogP contribution is -2.46. The molecule has 0 radical (unpaired) electrons. The van der Waals surface area contributed by atoms with Gasteiger partial charge in [0, 0.05) is 17.7 Å².